The molecular formula is C10H9NO2. The van der Waals surface area contributed by atoms with Gasteiger partial charge in [-0.25, -0.2) is 0 Å². The summed E-state index contributed by atoms with van der Waals surface area (Å²) in [7, 11) is 1.35. The number of rotatable bonds is 2. The van der Waals surface area contributed by atoms with E-state index in [0.29, 0.717) is 5.56 Å². The zero-order valence-electron chi connectivity index (χ0n) is 7.28. The van der Waals surface area contributed by atoms with Crippen LogP contribution in [-0.4, -0.2) is 13.1 Å². The summed E-state index contributed by atoms with van der Waals surface area (Å²) >= 11 is 0. The van der Waals surface area contributed by atoms with E-state index >= 15 is 0 Å². The van der Waals surface area contributed by atoms with Gasteiger partial charge in [0.2, 0.25) is 0 Å². The lowest BCUT2D eigenvalue weighted by Crippen LogP contribution is -2.04. The van der Waals surface area contributed by atoms with Crippen LogP contribution in [-0.2, 0) is 16.0 Å². The zero-order valence-corrected chi connectivity index (χ0v) is 7.28. The van der Waals surface area contributed by atoms with E-state index in [2.05, 4.69) is 4.74 Å². The van der Waals surface area contributed by atoms with Crippen molar-refractivity contribution in [2.45, 2.75) is 6.42 Å². The Hall–Kier alpha value is -1.82. The monoisotopic (exact) mass is 175 g/mol. The smallest absolute Gasteiger partial charge is 0.309 e. The molecule has 0 fully saturated rings. The molecule has 0 bridgehead atoms. The predicted molar refractivity (Wildman–Crippen MR) is 46.9 cm³/mol. The zero-order chi connectivity index (χ0) is 9.68. The number of nitrogens with zero attached hydrogens (tertiary/aromatic N) is 1. The Morgan fingerprint density at radius 2 is 2.08 bits per heavy atom. The molecule has 0 saturated carbocycles. The molecule has 0 radical (unpaired) electrons. The van der Waals surface area contributed by atoms with Gasteiger partial charge in [0.15, 0.2) is 0 Å². The van der Waals surface area contributed by atoms with Gasteiger partial charge in [0, 0.05) is 0 Å². The highest BCUT2D eigenvalue weighted by Gasteiger charge is 2.01. The number of esters is 1. The van der Waals surface area contributed by atoms with Crippen molar-refractivity contribution in [3.05, 3.63) is 35.4 Å². The van der Waals surface area contributed by atoms with Crippen LogP contribution in [0.15, 0.2) is 24.3 Å². The average molecular weight is 175 g/mol. The Labute approximate surface area is 76.6 Å². The minimum Gasteiger partial charge on any atom is -0.469 e. The first kappa shape index (κ1) is 9.27. The van der Waals surface area contributed by atoms with Crippen LogP contribution in [0.4, 0.5) is 0 Å². The van der Waals surface area contributed by atoms with Crippen LogP contribution in [0.25, 0.3) is 0 Å². The van der Waals surface area contributed by atoms with Gasteiger partial charge in [-0.3, -0.25) is 4.79 Å². The van der Waals surface area contributed by atoms with Crippen molar-refractivity contribution in [1.29, 1.82) is 5.26 Å². The highest BCUT2D eigenvalue weighted by atomic mass is 16.5. The first-order chi connectivity index (χ1) is 6.26. The molecular weight excluding hydrogens is 166 g/mol. The van der Waals surface area contributed by atoms with Crippen LogP contribution < -0.4 is 0 Å². The van der Waals surface area contributed by atoms with Crippen molar-refractivity contribution >= 4 is 5.97 Å². The number of benzene rings is 1. The molecule has 0 aliphatic rings. The van der Waals surface area contributed by atoms with E-state index in [0.717, 1.165) is 5.56 Å². The molecule has 0 N–H and O–H groups in total. The van der Waals surface area contributed by atoms with Crippen LogP contribution in [0.2, 0.25) is 0 Å². The lowest BCUT2D eigenvalue weighted by atomic mass is 10.1. The van der Waals surface area contributed by atoms with Gasteiger partial charge in [0.1, 0.15) is 0 Å². The van der Waals surface area contributed by atoms with Gasteiger partial charge in [0.05, 0.1) is 25.2 Å². The number of ether oxygens (including phenoxy) is 1. The topological polar surface area (TPSA) is 50.1 Å². The van der Waals surface area contributed by atoms with E-state index < -0.39 is 0 Å². The van der Waals surface area contributed by atoms with Crippen molar-refractivity contribution in [3.8, 4) is 6.07 Å². The summed E-state index contributed by atoms with van der Waals surface area (Å²) in [5.41, 5.74) is 1.44. The number of methoxy groups -OCH3 is 1. The fourth-order valence-electron chi connectivity index (χ4n) is 0.936. The van der Waals surface area contributed by atoms with Crippen molar-refractivity contribution < 1.29 is 9.53 Å². The summed E-state index contributed by atoms with van der Waals surface area (Å²) in [4.78, 5) is 10.8. The number of hydrogen-bond donors (Lipinski definition) is 0. The Morgan fingerprint density at radius 1 is 1.46 bits per heavy atom. The van der Waals surface area contributed by atoms with Crippen LogP contribution >= 0.6 is 0 Å². The van der Waals surface area contributed by atoms with E-state index in [-0.39, 0.29) is 12.4 Å². The van der Waals surface area contributed by atoms with Crippen LogP contribution in [0.5, 0.6) is 0 Å². The van der Waals surface area contributed by atoms with E-state index in [9.17, 15) is 4.79 Å². The Balaban J connectivity index is 2.71. The summed E-state index contributed by atoms with van der Waals surface area (Å²) < 4.78 is 4.51. The third-order valence-electron chi connectivity index (χ3n) is 1.66. The summed E-state index contributed by atoms with van der Waals surface area (Å²) in [6.45, 7) is 0. The molecule has 3 nitrogen and oxygen atoms in total. The molecule has 3 heteroatoms. The van der Waals surface area contributed by atoms with Crippen molar-refractivity contribution in [3.63, 3.8) is 0 Å². The molecule has 0 amide bonds. The van der Waals surface area contributed by atoms with Crippen LogP contribution in [0, 0.1) is 11.3 Å². The Bertz CT molecular complexity index is 335. The quantitative estimate of drug-likeness (QED) is 0.636. The summed E-state index contributed by atoms with van der Waals surface area (Å²) in [5, 5.41) is 8.51. The first-order valence-electron chi connectivity index (χ1n) is 3.82. The fraction of sp³-hybridized carbons (Fsp3) is 0.200. The third-order valence-corrected chi connectivity index (χ3v) is 1.66. The minimum atomic E-state index is -0.273. The summed E-state index contributed by atoms with van der Waals surface area (Å²) in [6.07, 6.45) is 0.252. The molecule has 1 aromatic rings. The van der Waals surface area contributed by atoms with Gasteiger partial charge < -0.3 is 4.74 Å². The van der Waals surface area contributed by atoms with Gasteiger partial charge in [-0.05, 0) is 17.7 Å². The Morgan fingerprint density at radius 3 is 2.54 bits per heavy atom. The van der Waals surface area contributed by atoms with Gasteiger partial charge in [-0.2, -0.15) is 5.26 Å². The summed E-state index contributed by atoms with van der Waals surface area (Å²) in [5.74, 6) is -0.273. The minimum absolute atomic E-state index is 0.252. The third kappa shape index (κ3) is 2.60. The number of carbonyl (C=O) groups is 1. The highest BCUT2D eigenvalue weighted by molar-refractivity contribution is 5.72. The van der Waals surface area contributed by atoms with Crippen molar-refractivity contribution in [1.82, 2.24) is 0 Å². The maximum atomic E-state index is 10.8. The van der Waals surface area contributed by atoms with E-state index in [1.54, 1.807) is 24.3 Å². The molecule has 0 aliphatic heterocycles. The van der Waals surface area contributed by atoms with Crippen LogP contribution in [0.3, 0.4) is 0 Å². The van der Waals surface area contributed by atoms with Gasteiger partial charge in [-0.15, -0.1) is 0 Å². The van der Waals surface area contributed by atoms with Crippen molar-refractivity contribution in [2.75, 3.05) is 7.11 Å². The molecule has 0 spiro atoms. The summed E-state index contributed by atoms with van der Waals surface area (Å²) in [6, 6.07) is 8.85. The fourth-order valence-corrected chi connectivity index (χ4v) is 0.936. The number of carbonyl (C=O) groups excluding carboxylic acids is 1. The molecule has 13 heavy (non-hydrogen) atoms. The molecule has 0 atom stereocenters. The molecule has 0 heterocycles. The molecule has 0 aliphatic carbocycles. The highest BCUT2D eigenvalue weighted by Crippen LogP contribution is 2.04. The van der Waals surface area contributed by atoms with Crippen LogP contribution in [0.1, 0.15) is 11.1 Å². The second kappa shape index (κ2) is 4.27. The SMILES string of the molecule is COC(=O)Cc1ccc(C#N)cc1. The maximum Gasteiger partial charge on any atom is 0.309 e. The standard InChI is InChI=1S/C10H9NO2/c1-13-10(12)6-8-2-4-9(7-11)5-3-8/h2-5H,6H2,1H3. The molecule has 0 aromatic heterocycles. The average Bonchev–Trinajstić information content (AvgIpc) is 2.19. The molecule has 1 rings (SSSR count). The normalized spacial score (nSPS) is 8.92. The maximum absolute atomic E-state index is 10.8. The first-order valence-corrected chi connectivity index (χ1v) is 3.82. The second-order valence-electron chi connectivity index (χ2n) is 2.56. The van der Waals surface area contributed by atoms with Crippen molar-refractivity contribution in [2.24, 2.45) is 0 Å². The second-order valence-corrected chi connectivity index (χ2v) is 2.56. The van der Waals surface area contributed by atoms with Gasteiger partial charge >= 0.3 is 5.97 Å². The molecule has 0 saturated heterocycles. The lowest BCUT2D eigenvalue weighted by molar-refractivity contribution is -0.139. The lowest BCUT2D eigenvalue weighted by Gasteiger charge is -1.98. The van der Waals surface area contributed by atoms with Gasteiger partial charge in [-0.1, -0.05) is 12.1 Å². The molecule has 1 aromatic carbocycles. The Kier molecular flexibility index (Phi) is 3.04. The van der Waals surface area contributed by atoms with E-state index in [1.165, 1.54) is 7.11 Å². The molecule has 66 valence electrons. The van der Waals surface area contributed by atoms with Gasteiger partial charge in [0.25, 0.3) is 0 Å². The largest absolute Gasteiger partial charge is 0.469 e. The number of hydrogen-bond acceptors (Lipinski definition) is 3. The van der Waals surface area contributed by atoms with E-state index in [4.69, 9.17) is 5.26 Å². The predicted octanol–water partition coefficient (Wildman–Crippen LogP) is 1.27. The van der Waals surface area contributed by atoms with E-state index in [1.807, 2.05) is 6.07 Å². The molecule has 0 unspecified atom stereocenters. The number of nitriles is 1.